The van der Waals surface area contributed by atoms with Gasteiger partial charge in [-0.3, -0.25) is 4.79 Å². The molecule has 3 aromatic rings. The van der Waals surface area contributed by atoms with Crippen molar-refractivity contribution < 1.29 is 17.6 Å². The van der Waals surface area contributed by atoms with Crippen molar-refractivity contribution >= 4 is 44.8 Å². The first kappa shape index (κ1) is 23.2. The number of carbonyl (C=O) groups is 1. The van der Waals surface area contributed by atoms with Crippen LogP contribution in [0.3, 0.4) is 0 Å². The minimum absolute atomic E-state index is 0.0327. The minimum atomic E-state index is -4.03. The Labute approximate surface area is 190 Å². The summed E-state index contributed by atoms with van der Waals surface area (Å²) in [6, 6.07) is 16.7. The first-order valence-electron chi connectivity index (χ1n) is 9.22. The van der Waals surface area contributed by atoms with E-state index in [-0.39, 0.29) is 22.2 Å². The maximum atomic E-state index is 13.9. The van der Waals surface area contributed by atoms with Crippen molar-refractivity contribution in [1.29, 1.82) is 0 Å². The summed E-state index contributed by atoms with van der Waals surface area (Å²) in [7, 11) is -4.03. The monoisotopic (exact) mass is 480 g/mol. The van der Waals surface area contributed by atoms with Crippen LogP contribution in [0.2, 0.25) is 10.0 Å². The second kappa shape index (κ2) is 9.78. The Morgan fingerprint density at radius 3 is 2.32 bits per heavy atom. The van der Waals surface area contributed by atoms with Crippen LogP contribution in [0.5, 0.6) is 0 Å². The Kier molecular flexibility index (Phi) is 7.33. The van der Waals surface area contributed by atoms with Crippen molar-refractivity contribution in [3.05, 3.63) is 93.7 Å². The number of halogens is 3. The summed E-state index contributed by atoms with van der Waals surface area (Å²) in [4.78, 5) is 12.6. The number of hydrogen-bond acceptors (Lipinski definition) is 3. The molecule has 9 heteroatoms. The van der Waals surface area contributed by atoms with Gasteiger partial charge in [0.1, 0.15) is 5.82 Å². The molecule has 0 aliphatic carbocycles. The molecular weight excluding hydrogens is 462 g/mol. The molecule has 3 rings (SSSR count). The van der Waals surface area contributed by atoms with E-state index < -0.39 is 28.3 Å². The molecular formula is C22H19Cl2FN2O3S. The van der Waals surface area contributed by atoms with Gasteiger partial charge in [-0.05, 0) is 48.9 Å². The third-order valence-electron chi connectivity index (χ3n) is 4.47. The Morgan fingerprint density at radius 1 is 1.00 bits per heavy atom. The van der Waals surface area contributed by atoms with Crippen LogP contribution >= 0.6 is 23.2 Å². The number of amides is 1. The van der Waals surface area contributed by atoms with E-state index in [0.717, 1.165) is 9.87 Å². The van der Waals surface area contributed by atoms with Gasteiger partial charge in [-0.15, -0.1) is 0 Å². The summed E-state index contributed by atoms with van der Waals surface area (Å²) < 4.78 is 41.4. The predicted octanol–water partition coefficient (Wildman–Crippen LogP) is 5.27. The van der Waals surface area contributed by atoms with Crippen molar-refractivity contribution in [3.8, 4) is 0 Å². The molecule has 1 amide bonds. The maximum absolute atomic E-state index is 13.9. The van der Waals surface area contributed by atoms with Gasteiger partial charge in [0.05, 0.1) is 27.2 Å². The lowest BCUT2D eigenvalue weighted by Gasteiger charge is -2.22. The quantitative estimate of drug-likeness (QED) is 0.500. The van der Waals surface area contributed by atoms with E-state index in [0.29, 0.717) is 10.6 Å². The number of aryl methyl sites for hydroxylation is 1. The molecule has 3 aromatic carbocycles. The van der Waals surface area contributed by atoms with E-state index >= 15 is 0 Å². The zero-order valence-corrected chi connectivity index (χ0v) is 18.8. The van der Waals surface area contributed by atoms with Crippen molar-refractivity contribution in [2.24, 2.45) is 0 Å². The highest BCUT2D eigenvalue weighted by Crippen LogP contribution is 2.25. The molecule has 0 heterocycles. The molecule has 31 heavy (non-hydrogen) atoms. The zero-order valence-electron chi connectivity index (χ0n) is 16.5. The SMILES string of the molecule is Cc1ccc(S(=O)(=O)N(CC(=O)Nc2ccccc2F)Cc2ccc(Cl)c(Cl)c2)cc1. The van der Waals surface area contributed by atoms with E-state index in [2.05, 4.69) is 5.32 Å². The molecule has 0 aliphatic rings. The summed E-state index contributed by atoms with van der Waals surface area (Å²) >= 11 is 12.0. The second-order valence-corrected chi connectivity index (χ2v) is 9.61. The summed E-state index contributed by atoms with van der Waals surface area (Å²) in [5.74, 6) is -1.30. The number of anilines is 1. The zero-order chi connectivity index (χ0) is 22.6. The lowest BCUT2D eigenvalue weighted by atomic mass is 10.2. The number of carbonyl (C=O) groups excluding carboxylic acids is 1. The van der Waals surface area contributed by atoms with E-state index in [4.69, 9.17) is 23.2 Å². The average Bonchev–Trinajstić information content (AvgIpc) is 2.72. The largest absolute Gasteiger partial charge is 0.322 e. The summed E-state index contributed by atoms with van der Waals surface area (Å²) in [6.07, 6.45) is 0. The Bertz CT molecular complexity index is 1200. The van der Waals surface area contributed by atoms with Gasteiger partial charge in [-0.2, -0.15) is 4.31 Å². The van der Waals surface area contributed by atoms with Crippen LogP contribution in [0.1, 0.15) is 11.1 Å². The topological polar surface area (TPSA) is 66.5 Å². The van der Waals surface area contributed by atoms with Gasteiger partial charge in [0.2, 0.25) is 15.9 Å². The summed E-state index contributed by atoms with van der Waals surface area (Å²) in [5.41, 5.74) is 1.41. The molecule has 0 atom stereocenters. The molecule has 0 aromatic heterocycles. The maximum Gasteiger partial charge on any atom is 0.243 e. The van der Waals surface area contributed by atoms with E-state index in [1.165, 1.54) is 36.4 Å². The molecule has 0 saturated heterocycles. The number of rotatable bonds is 7. The molecule has 0 fully saturated rings. The molecule has 0 aliphatic heterocycles. The van der Waals surface area contributed by atoms with Crippen molar-refractivity contribution in [2.45, 2.75) is 18.4 Å². The fraction of sp³-hybridized carbons (Fsp3) is 0.136. The highest BCUT2D eigenvalue weighted by Gasteiger charge is 2.27. The van der Waals surface area contributed by atoms with Crippen LogP contribution in [-0.2, 0) is 21.4 Å². The molecule has 0 bridgehead atoms. The molecule has 162 valence electrons. The van der Waals surface area contributed by atoms with Crippen LogP contribution in [0, 0.1) is 12.7 Å². The number of sulfonamides is 1. The van der Waals surface area contributed by atoms with Gasteiger partial charge in [-0.1, -0.05) is 59.1 Å². The van der Waals surface area contributed by atoms with Crippen LogP contribution in [-0.4, -0.2) is 25.2 Å². The Hall–Kier alpha value is -2.45. The first-order chi connectivity index (χ1) is 14.7. The van der Waals surface area contributed by atoms with Crippen LogP contribution in [0.15, 0.2) is 71.6 Å². The number of nitrogens with one attached hydrogen (secondary N) is 1. The molecule has 0 radical (unpaired) electrons. The van der Waals surface area contributed by atoms with Gasteiger partial charge < -0.3 is 5.32 Å². The van der Waals surface area contributed by atoms with E-state index in [9.17, 15) is 17.6 Å². The van der Waals surface area contributed by atoms with Gasteiger partial charge in [-0.25, -0.2) is 12.8 Å². The fourth-order valence-electron chi connectivity index (χ4n) is 2.84. The number of benzene rings is 3. The van der Waals surface area contributed by atoms with Crippen molar-refractivity contribution in [3.63, 3.8) is 0 Å². The second-order valence-electron chi connectivity index (χ2n) is 6.86. The number of hydrogen-bond donors (Lipinski definition) is 1. The average molecular weight is 481 g/mol. The Balaban J connectivity index is 1.91. The smallest absolute Gasteiger partial charge is 0.243 e. The minimum Gasteiger partial charge on any atom is -0.322 e. The molecule has 0 saturated carbocycles. The van der Waals surface area contributed by atoms with Crippen LogP contribution < -0.4 is 5.32 Å². The molecule has 0 spiro atoms. The van der Waals surface area contributed by atoms with Crippen molar-refractivity contribution in [2.75, 3.05) is 11.9 Å². The molecule has 0 unspecified atom stereocenters. The summed E-state index contributed by atoms with van der Waals surface area (Å²) in [6.45, 7) is 1.19. The lowest BCUT2D eigenvalue weighted by molar-refractivity contribution is -0.116. The van der Waals surface area contributed by atoms with Crippen molar-refractivity contribution in [1.82, 2.24) is 4.31 Å². The highest BCUT2D eigenvalue weighted by atomic mass is 35.5. The Morgan fingerprint density at radius 2 is 1.68 bits per heavy atom. The van der Waals surface area contributed by atoms with Crippen LogP contribution in [0.4, 0.5) is 10.1 Å². The van der Waals surface area contributed by atoms with Gasteiger partial charge >= 0.3 is 0 Å². The van der Waals surface area contributed by atoms with Gasteiger partial charge in [0.15, 0.2) is 0 Å². The lowest BCUT2D eigenvalue weighted by Crippen LogP contribution is -2.37. The number of nitrogens with zero attached hydrogens (tertiary/aromatic N) is 1. The highest BCUT2D eigenvalue weighted by molar-refractivity contribution is 7.89. The predicted molar refractivity (Wildman–Crippen MR) is 120 cm³/mol. The third-order valence-corrected chi connectivity index (χ3v) is 7.01. The normalized spacial score (nSPS) is 11.5. The van der Waals surface area contributed by atoms with Gasteiger partial charge in [0, 0.05) is 6.54 Å². The van der Waals surface area contributed by atoms with E-state index in [1.807, 2.05) is 6.92 Å². The summed E-state index contributed by atoms with van der Waals surface area (Å²) in [5, 5.41) is 3.01. The number of para-hydroxylation sites is 1. The fourth-order valence-corrected chi connectivity index (χ4v) is 4.54. The van der Waals surface area contributed by atoms with Crippen LogP contribution in [0.25, 0.3) is 0 Å². The van der Waals surface area contributed by atoms with Gasteiger partial charge in [0.25, 0.3) is 0 Å². The molecule has 1 N–H and O–H groups in total. The third kappa shape index (κ3) is 5.83. The van der Waals surface area contributed by atoms with E-state index in [1.54, 1.807) is 30.3 Å². The molecule has 5 nitrogen and oxygen atoms in total. The first-order valence-corrected chi connectivity index (χ1v) is 11.4. The standard InChI is InChI=1S/C22H19Cl2FN2O3S/c1-15-6-9-17(10-7-15)31(29,30)27(13-16-8-11-18(23)19(24)12-16)14-22(28)26-21-5-3-2-4-20(21)25/h2-12H,13-14H2,1H3,(H,26,28).